The Kier molecular flexibility index (Phi) is 6.05. The maximum Gasteiger partial charge on any atom is 0.237 e. The Labute approximate surface area is 113 Å². The van der Waals surface area contributed by atoms with Crippen molar-refractivity contribution in [3.63, 3.8) is 0 Å². The van der Waals surface area contributed by atoms with E-state index in [0.29, 0.717) is 5.69 Å². The van der Waals surface area contributed by atoms with Gasteiger partial charge in [-0.25, -0.2) is 0 Å². The zero-order valence-electron chi connectivity index (χ0n) is 11.2. The summed E-state index contributed by atoms with van der Waals surface area (Å²) in [4.78, 5) is 12.0. The van der Waals surface area contributed by atoms with Crippen molar-refractivity contribution in [1.29, 1.82) is 0 Å². The number of rotatable bonds is 6. The molecule has 0 fully saturated rings. The number of aryl methyl sites for hydroxylation is 1. The lowest BCUT2D eigenvalue weighted by atomic mass is 10.2. The van der Waals surface area contributed by atoms with Crippen LogP contribution in [-0.4, -0.2) is 22.0 Å². The van der Waals surface area contributed by atoms with E-state index >= 15 is 0 Å². The minimum absolute atomic E-state index is 0.0549. The molecule has 0 bridgehead atoms. The fourth-order valence-electron chi connectivity index (χ4n) is 1.52. The highest BCUT2D eigenvalue weighted by Crippen LogP contribution is 2.27. The first kappa shape index (κ1) is 14.9. The van der Waals surface area contributed by atoms with Crippen LogP contribution in [0.15, 0.2) is 18.2 Å². The molecule has 0 saturated heterocycles. The fourth-order valence-corrected chi connectivity index (χ4v) is 2.54. The molecule has 0 unspecified atom stereocenters. The molecule has 0 radical (unpaired) electrons. The molecule has 4 heteroatoms. The summed E-state index contributed by atoms with van der Waals surface area (Å²) in [5.41, 5.74) is 1.39. The lowest BCUT2D eigenvalue weighted by Crippen LogP contribution is -2.23. The quantitative estimate of drug-likeness (QED) is 0.612. The number of phenolic OH excluding ortho intramolecular Hbond substituents is 1. The number of para-hydroxylation sites is 1. The van der Waals surface area contributed by atoms with Crippen LogP contribution in [0.4, 0.5) is 5.69 Å². The summed E-state index contributed by atoms with van der Waals surface area (Å²) in [5.74, 6) is 1.06. The van der Waals surface area contributed by atoms with E-state index in [9.17, 15) is 9.90 Å². The second-order valence-electron chi connectivity index (χ2n) is 4.32. The summed E-state index contributed by atoms with van der Waals surface area (Å²) < 4.78 is 0. The predicted molar refractivity (Wildman–Crippen MR) is 78.3 cm³/mol. The SMILES string of the molecule is CCCCS[C@@H](C)C(=O)Nc1c(C)cccc1O. The first-order valence-electron chi connectivity index (χ1n) is 6.27. The Bertz CT molecular complexity index is 387. The monoisotopic (exact) mass is 267 g/mol. The van der Waals surface area contributed by atoms with Gasteiger partial charge in [0, 0.05) is 0 Å². The van der Waals surface area contributed by atoms with Crippen molar-refractivity contribution in [2.45, 2.75) is 38.9 Å². The number of aromatic hydroxyl groups is 1. The van der Waals surface area contributed by atoms with Gasteiger partial charge >= 0.3 is 0 Å². The summed E-state index contributed by atoms with van der Waals surface area (Å²) in [7, 11) is 0. The first-order valence-corrected chi connectivity index (χ1v) is 7.32. The van der Waals surface area contributed by atoms with Crippen molar-refractivity contribution < 1.29 is 9.90 Å². The van der Waals surface area contributed by atoms with E-state index in [-0.39, 0.29) is 16.9 Å². The smallest absolute Gasteiger partial charge is 0.237 e. The Morgan fingerprint density at radius 1 is 1.50 bits per heavy atom. The molecular formula is C14H21NO2S. The van der Waals surface area contributed by atoms with Gasteiger partial charge in [-0.3, -0.25) is 4.79 Å². The van der Waals surface area contributed by atoms with Crippen LogP contribution in [0.25, 0.3) is 0 Å². The molecule has 0 aliphatic rings. The van der Waals surface area contributed by atoms with Gasteiger partial charge < -0.3 is 10.4 Å². The Morgan fingerprint density at radius 3 is 2.83 bits per heavy atom. The van der Waals surface area contributed by atoms with Gasteiger partial charge in [0.1, 0.15) is 5.75 Å². The number of phenols is 1. The van der Waals surface area contributed by atoms with Crippen LogP contribution < -0.4 is 5.32 Å². The second kappa shape index (κ2) is 7.31. The number of amides is 1. The number of benzene rings is 1. The van der Waals surface area contributed by atoms with E-state index < -0.39 is 0 Å². The largest absolute Gasteiger partial charge is 0.506 e. The van der Waals surface area contributed by atoms with Crippen molar-refractivity contribution in [2.24, 2.45) is 0 Å². The van der Waals surface area contributed by atoms with Crippen LogP contribution >= 0.6 is 11.8 Å². The van der Waals surface area contributed by atoms with E-state index in [1.54, 1.807) is 23.9 Å². The fraction of sp³-hybridized carbons (Fsp3) is 0.500. The van der Waals surface area contributed by atoms with Crippen molar-refractivity contribution >= 4 is 23.4 Å². The molecule has 3 nitrogen and oxygen atoms in total. The van der Waals surface area contributed by atoms with Gasteiger partial charge in [-0.15, -0.1) is 11.8 Å². The number of hydrogen-bond acceptors (Lipinski definition) is 3. The molecule has 0 aliphatic heterocycles. The minimum Gasteiger partial charge on any atom is -0.506 e. The summed E-state index contributed by atoms with van der Waals surface area (Å²) >= 11 is 1.65. The summed E-state index contributed by atoms with van der Waals surface area (Å²) in [6, 6.07) is 5.21. The average molecular weight is 267 g/mol. The molecule has 100 valence electrons. The molecule has 1 aromatic rings. The van der Waals surface area contributed by atoms with Gasteiger partial charge in [-0.05, 0) is 37.7 Å². The molecule has 0 saturated carbocycles. The highest BCUT2D eigenvalue weighted by atomic mass is 32.2. The lowest BCUT2D eigenvalue weighted by Gasteiger charge is -2.14. The standard InChI is InChI=1S/C14H21NO2S/c1-4-5-9-18-11(3)14(17)15-13-10(2)7-6-8-12(13)16/h6-8,11,16H,4-5,9H2,1-3H3,(H,15,17)/t11-/m0/s1. The number of carbonyl (C=O) groups is 1. The number of hydrogen-bond donors (Lipinski definition) is 2. The van der Waals surface area contributed by atoms with Gasteiger partial charge in [0.25, 0.3) is 0 Å². The van der Waals surface area contributed by atoms with Crippen LogP contribution in [0.2, 0.25) is 0 Å². The second-order valence-corrected chi connectivity index (χ2v) is 5.77. The maximum atomic E-state index is 12.0. The predicted octanol–water partition coefficient (Wildman–Crippen LogP) is 3.56. The molecule has 18 heavy (non-hydrogen) atoms. The topological polar surface area (TPSA) is 49.3 Å². The molecule has 1 atom stereocenters. The molecule has 0 aliphatic carbocycles. The number of anilines is 1. The Hall–Kier alpha value is -1.16. The third-order valence-electron chi connectivity index (χ3n) is 2.73. The molecule has 0 spiro atoms. The van der Waals surface area contributed by atoms with Gasteiger partial charge in [0.15, 0.2) is 0 Å². The Balaban J connectivity index is 2.58. The zero-order valence-corrected chi connectivity index (χ0v) is 12.0. The van der Waals surface area contributed by atoms with E-state index in [1.807, 2.05) is 19.9 Å². The average Bonchev–Trinajstić information content (AvgIpc) is 2.34. The summed E-state index contributed by atoms with van der Waals surface area (Å²) in [6.07, 6.45) is 2.26. The highest BCUT2D eigenvalue weighted by Gasteiger charge is 2.15. The first-order chi connectivity index (χ1) is 8.56. The maximum absolute atomic E-state index is 12.0. The minimum atomic E-state index is -0.101. The van der Waals surface area contributed by atoms with E-state index in [1.165, 1.54) is 0 Å². The molecule has 1 rings (SSSR count). The van der Waals surface area contributed by atoms with Crippen molar-refractivity contribution in [2.75, 3.05) is 11.1 Å². The van der Waals surface area contributed by atoms with Crippen molar-refractivity contribution in [1.82, 2.24) is 0 Å². The summed E-state index contributed by atoms with van der Waals surface area (Å²) in [6.45, 7) is 5.89. The van der Waals surface area contributed by atoms with Crippen molar-refractivity contribution in [3.8, 4) is 5.75 Å². The van der Waals surface area contributed by atoms with Gasteiger partial charge in [0.05, 0.1) is 10.9 Å². The third-order valence-corrected chi connectivity index (χ3v) is 3.97. The van der Waals surface area contributed by atoms with E-state index in [0.717, 1.165) is 24.2 Å². The number of carbonyl (C=O) groups excluding carboxylic acids is 1. The van der Waals surface area contributed by atoms with Gasteiger partial charge in [0.2, 0.25) is 5.91 Å². The lowest BCUT2D eigenvalue weighted by molar-refractivity contribution is -0.115. The number of nitrogens with one attached hydrogen (secondary N) is 1. The van der Waals surface area contributed by atoms with Crippen LogP contribution in [-0.2, 0) is 4.79 Å². The zero-order chi connectivity index (χ0) is 13.5. The highest BCUT2D eigenvalue weighted by molar-refractivity contribution is 8.00. The van der Waals surface area contributed by atoms with Crippen LogP contribution in [0.3, 0.4) is 0 Å². The number of thioether (sulfide) groups is 1. The number of unbranched alkanes of at least 4 members (excludes halogenated alkanes) is 1. The Morgan fingerprint density at radius 2 is 2.22 bits per heavy atom. The van der Waals surface area contributed by atoms with Crippen LogP contribution in [0.1, 0.15) is 32.3 Å². The van der Waals surface area contributed by atoms with Crippen LogP contribution in [0, 0.1) is 6.92 Å². The van der Waals surface area contributed by atoms with Gasteiger partial charge in [-0.2, -0.15) is 0 Å². The molecule has 1 amide bonds. The molecule has 1 aromatic carbocycles. The molecule has 0 aromatic heterocycles. The van der Waals surface area contributed by atoms with Gasteiger partial charge in [-0.1, -0.05) is 25.5 Å². The molecule has 2 N–H and O–H groups in total. The van der Waals surface area contributed by atoms with Crippen LogP contribution in [0.5, 0.6) is 5.75 Å². The molecule has 0 heterocycles. The van der Waals surface area contributed by atoms with E-state index in [4.69, 9.17) is 0 Å². The third kappa shape index (κ3) is 4.26. The normalized spacial score (nSPS) is 12.2. The summed E-state index contributed by atoms with van der Waals surface area (Å²) in [5, 5.41) is 12.4. The van der Waals surface area contributed by atoms with Crippen molar-refractivity contribution in [3.05, 3.63) is 23.8 Å². The van der Waals surface area contributed by atoms with E-state index in [2.05, 4.69) is 12.2 Å². The molecular weight excluding hydrogens is 246 g/mol.